The number of aliphatic hydroxyl groups excluding tert-OH is 1. The lowest BCUT2D eigenvalue weighted by Crippen LogP contribution is -2.11. The van der Waals surface area contributed by atoms with Gasteiger partial charge in [0.05, 0.1) is 12.1 Å². The molecule has 1 atom stereocenters. The molecule has 1 unspecified atom stereocenters. The van der Waals surface area contributed by atoms with Crippen LogP contribution in [-0.2, 0) is 6.42 Å². The highest BCUT2D eigenvalue weighted by Gasteiger charge is 2.29. The van der Waals surface area contributed by atoms with Crippen molar-refractivity contribution in [3.63, 3.8) is 0 Å². The van der Waals surface area contributed by atoms with Crippen molar-refractivity contribution in [2.24, 2.45) is 0 Å². The number of alkyl halides is 4. The third-order valence-electron chi connectivity index (χ3n) is 1.41. The summed E-state index contributed by atoms with van der Waals surface area (Å²) in [5.74, 6) is 0. The lowest BCUT2D eigenvalue weighted by atomic mass is 10.3. The smallest absolute Gasteiger partial charge is 0.386 e. The predicted molar refractivity (Wildman–Crippen MR) is 50.6 cm³/mol. The van der Waals surface area contributed by atoms with Crippen LogP contribution in [0, 0.1) is 0 Å². The quantitative estimate of drug-likeness (QED) is 0.868. The topological polar surface area (TPSA) is 33.1 Å². The molecule has 0 saturated heterocycles. The van der Waals surface area contributed by atoms with Gasteiger partial charge in [-0.25, -0.2) is 4.98 Å². The molecule has 80 valence electrons. The van der Waals surface area contributed by atoms with Crippen LogP contribution in [0.4, 0.5) is 13.2 Å². The molecule has 1 aromatic heterocycles. The number of thiazole rings is 1. The first kappa shape index (κ1) is 11.9. The first-order valence-electron chi connectivity index (χ1n) is 3.67. The fraction of sp³-hybridized carbons (Fsp3) is 0.571. The molecule has 0 radical (unpaired) electrons. The van der Waals surface area contributed by atoms with E-state index in [1.165, 1.54) is 5.38 Å². The predicted octanol–water partition coefficient (Wildman–Crippen LogP) is 2.68. The molecule has 0 aliphatic heterocycles. The zero-order valence-corrected chi connectivity index (χ0v) is 9.29. The third kappa shape index (κ3) is 3.55. The average molecular weight is 290 g/mol. The van der Waals surface area contributed by atoms with Crippen molar-refractivity contribution in [2.75, 3.05) is 5.33 Å². The van der Waals surface area contributed by atoms with Crippen molar-refractivity contribution in [2.45, 2.75) is 18.7 Å². The van der Waals surface area contributed by atoms with Gasteiger partial charge in [0.2, 0.25) is 0 Å². The second-order valence-electron chi connectivity index (χ2n) is 2.63. The van der Waals surface area contributed by atoms with E-state index in [0.29, 0.717) is 0 Å². The molecule has 7 heteroatoms. The molecule has 2 nitrogen and oxygen atoms in total. The summed E-state index contributed by atoms with van der Waals surface area (Å²) in [6.45, 7) is 0. The fourth-order valence-electron chi connectivity index (χ4n) is 0.810. The Labute approximate surface area is 90.9 Å². The molecule has 0 saturated carbocycles. The van der Waals surface area contributed by atoms with Crippen LogP contribution in [0.25, 0.3) is 0 Å². The zero-order valence-electron chi connectivity index (χ0n) is 6.88. The number of aromatic nitrogens is 1. The Morgan fingerprint density at radius 1 is 1.57 bits per heavy atom. The van der Waals surface area contributed by atoms with E-state index in [9.17, 15) is 18.3 Å². The third-order valence-corrected chi connectivity index (χ3v) is 2.89. The summed E-state index contributed by atoms with van der Waals surface area (Å²) in [5.41, 5.74) is 0.283. The van der Waals surface area contributed by atoms with Gasteiger partial charge in [0.15, 0.2) is 0 Å². The van der Waals surface area contributed by atoms with E-state index < -0.39 is 18.7 Å². The molecule has 0 spiro atoms. The number of aliphatic hydroxyl groups is 1. The van der Waals surface area contributed by atoms with Crippen molar-refractivity contribution >= 4 is 27.3 Å². The maximum atomic E-state index is 11.9. The molecule has 1 N–H and O–H groups in total. The Morgan fingerprint density at radius 2 is 2.21 bits per heavy atom. The molecular formula is C7H7BrF3NOS. The molecule has 14 heavy (non-hydrogen) atoms. The van der Waals surface area contributed by atoms with Crippen molar-refractivity contribution in [1.29, 1.82) is 0 Å². The van der Waals surface area contributed by atoms with Crippen LogP contribution in [0.5, 0.6) is 0 Å². The van der Waals surface area contributed by atoms with E-state index in [1.807, 2.05) is 0 Å². The molecule has 0 aliphatic rings. The van der Waals surface area contributed by atoms with E-state index in [2.05, 4.69) is 20.9 Å². The first-order chi connectivity index (χ1) is 6.42. The summed E-state index contributed by atoms with van der Waals surface area (Å²) in [7, 11) is 0. The summed E-state index contributed by atoms with van der Waals surface area (Å²) in [6, 6.07) is 0. The lowest BCUT2D eigenvalue weighted by Gasteiger charge is -2.03. The molecule has 1 heterocycles. The highest BCUT2D eigenvalue weighted by atomic mass is 79.9. The molecule has 0 aromatic carbocycles. The monoisotopic (exact) mass is 289 g/mol. The van der Waals surface area contributed by atoms with Gasteiger partial charge in [-0.1, -0.05) is 15.9 Å². The van der Waals surface area contributed by atoms with Gasteiger partial charge in [0, 0.05) is 10.7 Å². The summed E-state index contributed by atoms with van der Waals surface area (Å²) in [5, 5.41) is 10.9. The van der Waals surface area contributed by atoms with Gasteiger partial charge >= 0.3 is 6.18 Å². The van der Waals surface area contributed by atoms with E-state index in [4.69, 9.17) is 0 Å². The lowest BCUT2D eigenvalue weighted by molar-refractivity contribution is -0.127. The van der Waals surface area contributed by atoms with Crippen LogP contribution in [-0.4, -0.2) is 21.6 Å². The van der Waals surface area contributed by atoms with Gasteiger partial charge in [-0.2, -0.15) is 13.2 Å². The Kier molecular flexibility index (Phi) is 3.91. The van der Waals surface area contributed by atoms with Crippen molar-refractivity contribution in [1.82, 2.24) is 4.98 Å². The Balaban J connectivity index is 2.69. The normalized spacial score (nSPS) is 14.4. The van der Waals surface area contributed by atoms with Crippen LogP contribution in [0.1, 0.15) is 16.8 Å². The fourth-order valence-corrected chi connectivity index (χ4v) is 2.01. The number of halogens is 4. The molecule has 0 aliphatic carbocycles. The van der Waals surface area contributed by atoms with Crippen molar-refractivity contribution in [3.8, 4) is 0 Å². The van der Waals surface area contributed by atoms with Gasteiger partial charge in [0.25, 0.3) is 0 Å². The maximum absolute atomic E-state index is 11.9. The standard InChI is InChI=1S/C7H7BrF3NOS/c8-2-5(13)4-3-14-6(12-4)1-7(9,10)11/h3,5,13H,1-2H2. The van der Waals surface area contributed by atoms with E-state index in [0.717, 1.165) is 11.3 Å². The maximum Gasteiger partial charge on any atom is 0.395 e. The van der Waals surface area contributed by atoms with Crippen LogP contribution in [0.2, 0.25) is 0 Å². The minimum atomic E-state index is -4.24. The van der Waals surface area contributed by atoms with Gasteiger partial charge < -0.3 is 5.11 Å². The van der Waals surface area contributed by atoms with Gasteiger partial charge in [-0.05, 0) is 0 Å². The number of nitrogens with zero attached hydrogens (tertiary/aromatic N) is 1. The first-order valence-corrected chi connectivity index (χ1v) is 5.67. The molecule has 0 fully saturated rings. The van der Waals surface area contributed by atoms with Crippen molar-refractivity contribution in [3.05, 3.63) is 16.1 Å². The van der Waals surface area contributed by atoms with Crippen LogP contribution < -0.4 is 0 Å². The second kappa shape index (κ2) is 4.59. The number of hydrogen-bond donors (Lipinski definition) is 1. The van der Waals surface area contributed by atoms with Gasteiger partial charge in [-0.15, -0.1) is 11.3 Å². The molecule has 1 aromatic rings. The average Bonchev–Trinajstić information content (AvgIpc) is 2.48. The van der Waals surface area contributed by atoms with Gasteiger partial charge in [0.1, 0.15) is 11.1 Å². The Hall–Kier alpha value is -0.140. The van der Waals surface area contributed by atoms with E-state index >= 15 is 0 Å². The summed E-state index contributed by atoms with van der Waals surface area (Å²) in [6.07, 6.45) is -6.12. The van der Waals surface area contributed by atoms with E-state index in [-0.39, 0.29) is 16.0 Å². The Bertz CT molecular complexity index is 301. The number of rotatable bonds is 3. The summed E-state index contributed by atoms with van der Waals surface area (Å²) < 4.78 is 35.8. The van der Waals surface area contributed by atoms with Gasteiger partial charge in [-0.3, -0.25) is 0 Å². The highest BCUT2D eigenvalue weighted by Crippen LogP contribution is 2.25. The Morgan fingerprint density at radius 3 is 2.71 bits per heavy atom. The highest BCUT2D eigenvalue weighted by molar-refractivity contribution is 9.09. The molecule has 0 amide bonds. The van der Waals surface area contributed by atoms with E-state index in [1.54, 1.807) is 0 Å². The summed E-state index contributed by atoms with van der Waals surface area (Å²) >= 11 is 3.92. The van der Waals surface area contributed by atoms with Crippen LogP contribution >= 0.6 is 27.3 Å². The largest absolute Gasteiger partial charge is 0.395 e. The minimum Gasteiger partial charge on any atom is -0.386 e. The summed E-state index contributed by atoms with van der Waals surface area (Å²) in [4.78, 5) is 3.68. The minimum absolute atomic E-state index is 0.0208. The number of hydrogen-bond acceptors (Lipinski definition) is 3. The van der Waals surface area contributed by atoms with Crippen molar-refractivity contribution < 1.29 is 18.3 Å². The molecule has 1 rings (SSSR count). The van der Waals surface area contributed by atoms with Crippen LogP contribution in [0.3, 0.4) is 0 Å². The zero-order chi connectivity index (χ0) is 10.8. The van der Waals surface area contributed by atoms with Crippen LogP contribution in [0.15, 0.2) is 5.38 Å². The SMILES string of the molecule is OC(CBr)c1csc(CC(F)(F)F)n1. The molecular weight excluding hydrogens is 283 g/mol. The molecule has 0 bridgehead atoms. The second-order valence-corrected chi connectivity index (χ2v) is 4.22.